The lowest BCUT2D eigenvalue weighted by Crippen LogP contribution is -2.29. The SMILES string of the molecule is O=C1CC(O)C(C(=O)O)O1. The van der Waals surface area contributed by atoms with E-state index in [1.807, 2.05) is 0 Å². The molecule has 5 heteroatoms. The molecule has 1 aliphatic heterocycles. The molecular formula is C5H6O5. The van der Waals surface area contributed by atoms with Gasteiger partial charge < -0.3 is 14.9 Å². The predicted octanol–water partition coefficient (Wildman–Crippen LogP) is -1.25. The van der Waals surface area contributed by atoms with E-state index in [-0.39, 0.29) is 6.42 Å². The molecule has 1 saturated heterocycles. The van der Waals surface area contributed by atoms with Crippen LogP contribution in [0.2, 0.25) is 0 Å². The molecule has 1 aliphatic rings. The first-order valence-electron chi connectivity index (χ1n) is 2.71. The Morgan fingerprint density at radius 2 is 2.30 bits per heavy atom. The average Bonchev–Trinajstić information content (AvgIpc) is 2.10. The molecule has 56 valence electrons. The molecule has 0 radical (unpaired) electrons. The number of ether oxygens (including phenoxy) is 1. The monoisotopic (exact) mass is 146 g/mol. The Balaban J connectivity index is 2.63. The van der Waals surface area contributed by atoms with Crippen molar-refractivity contribution in [3.8, 4) is 0 Å². The fourth-order valence-corrected chi connectivity index (χ4v) is 0.761. The molecule has 2 N–H and O–H groups in total. The maximum atomic E-state index is 10.3. The molecule has 0 aromatic rings. The van der Waals surface area contributed by atoms with Crippen molar-refractivity contribution in [2.24, 2.45) is 0 Å². The first kappa shape index (κ1) is 7.01. The number of carbonyl (C=O) groups is 2. The van der Waals surface area contributed by atoms with Gasteiger partial charge in [-0.15, -0.1) is 0 Å². The number of carboxylic acids is 1. The van der Waals surface area contributed by atoms with E-state index < -0.39 is 24.1 Å². The molecule has 0 aromatic heterocycles. The second-order valence-corrected chi connectivity index (χ2v) is 2.02. The van der Waals surface area contributed by atoms with Crippen LogP contribution in [0.1, 0.15) is 6.42 Å². The van der Waals surface area contributed by atoms with Gasteiger partial charge in [0.15, 0.2) is 0 Å². The fraction of sp³-hybridized carbons (Fsp3) is 0.600. The van der Waals surface area contributed by atoms with E-state index in [2.05, 4.69) is 4.74 Å². The van der Waals surface area contributed by atoms with Crippen LogP contribution in [0.5, 0.6) is 0 Å². The second kappa shape index (κ2) is 2.26. The Labute approximate surface area is 56.2 Å². The molecule has 1 rings (SSSR count). The van der Waals surface area contributed by atoms with Gasteiger partial charge in [0.25, 0.3) is 0 Å². The zero-order chi connectivity index (χ0) is 7.72. The fourth-order valence-electron chi connectivity index (χ4n) is 0.761. The number of aliphatic hydroxyl groups is 1. The van der Waals surface area contributed by atoms with Gasteiger partial charge in [-0.1, -0.05) is 0 Å². The second-order valence-electron chi connectivity index (χ2n) is 2.02. The zero-order valence-corrected chi connectivity index (χ0v) is 4.98. The van der Waals surface area contributed by atoms with Gasteiger partial charge in [0.05, 0.1) is 6.42 Å². The van der Waals surface area contributed by atoms with Gasteiger partial charge in [-0.2, -0.15) is 0 Å². The lowest BCUT2D eigenvalue weighted by atomic mass is 10.2. The van der Waals surface area contributed by atoms with Gasteiger partial charge in [-0.25, -0.2) is 4.79 Å². The average molecular weight is 146 g/mol. The molecule has 10 heavy (non-hydrogen) atoms. The van der Waals surface area contributed by atoms with Crippen molar-refractivity contribution in [1.82, 2.24) is 0 Å². The number of rotatable bonds is 1. The highest BCUT2D eigenvalue weighted by Gasteiger charge is 2.38. The highest BCUT2D eigenvalue weighted by molar-refractivity contribution is 5.82. The van der Waals surface area contributed by atoms with Crippen LogP contribution >= 0.6 is 0 Å². The normalized spacial score (nSPS) is 31.9. The topological polar surface area (TPSA) is 83.8 Å². The number of aliphatic hydroxyl groups excluding tert-OH is 1. The van der Waals surface area contributed by atoms with Gasteiger partial charge in [-0.05, 0) is 0 Å². The number of esters is 1. The third-order valence-electron chi connectivity index (χ3n) is 1.23. The van der Waals surface area contributed by atoms with Gasteiger partial charge in [-0.3, -0.25) is 4.79 Å². The first-order chi connectivity index (χ1) is 4.61. The third kappa shape index (κ3) is 1.08. The van der Waals surface area contributed by atoms with Crippen LogP contribution < -0.4 is 0 Å². The van der Waals surface area contributed by atoms with E-state index in [1.54, 1.807) is 0 Å². The van der Waals surface area contributed by atoms with Crippen molar-refractivity contribution < 1.29 is 24.5 Å². The van der Waals surface area contributed by atoms with Crippen molar-refractivity contribution in [1.29, 1.82) is 0 Å². The maximum Gasteiger partial charge on any atom is 0.347 e. The molecule has 0 saturated carbocycles. The summed E-state index contributed by atoms with van der Waals surface area (Å²) < 4.78 is 4.25. The van der Waals surface area contributed by atoms with Crippen LogP contribution in [-0.2, 0) is 14.3 Å². The molecule has 2 unspecified atom stereocenters. The Hall–Kier alpha value is -1.10. The van der Waals surface area contributed by atoms with Gasteiger partial charge in [0, 0.05) is 0 Å². The van der Waals surface area contributed by atoms with Crippen LogP contribution in [0, 0.1) is 0 Å². The molecule has 2 atom stereocenters. The molecule has 1 heterocycles. The van der Waals surface area contributed by atoms with E-state index in [0.29, 0.717) is 0 Å². The minimum atomic E-state index is -1.37. The Morgan fingerprint density at radius 3 is 2.50 bits per heavy atom. The summed E-state index contributed by atoms with van der Waals surface area (Å²) in [4.78, 5) is 20.4. The van der Waals surface area contributed by atoms with E-state index in [0.717, 1.165) is 0 Å². The van der Waals surface area contributed by atoms with E-state index in [1.165, 1.54) is 0 Å². The van der Waals surface area contributed by atoms with Crippen LogP contribution in [0.15, 0.2) is 0 Å². The summed E-state index contributed by atoms with van der Waals surface area (Å²) in [6.07, 6.45) is -2.78. The molecular weight excluding hydrogens is 140 g/mol. The van der Waals surface area contributed by atoms with Crippen molar-refractivity contribution in [2.75, 3.05) is 0 Å². The number of aliphatic carboxylic acids is 1. The highest BCUT2D eigenvalue weighted by Crippen LogP contribution is 2.14. The zero-order valence-electron chi connectivity index (χ0n) is 4.98. The molecule has 0 amide bonds. The van der Waals surface area contributed by atoms with Gasteiger partial charge >= 0.3 is 11.9 Å². The predicted molar refractivity (Wildman–Crippen MR) is 28.1 cm³/mol. The number of carboxylic acid groups (broad SMARTS) is 1. The van der Waals surface area contributed by atoms with Crippen LogP contribution in [0.4, 0.5) is 0 Å². The van der Waals surface area contributed by atoms with E-state index in [4.69, 9.17) is 10.2 Å². The Kier molecular flexibility index (Phi) is 1.58. The lowest BCUT2D eigenvalue weighted by molar-refractivity contribution is -0.159. The summed E-state index contributed by atoms with van der Waals surface area (Å²) in [6, 6.07) is 0. The molecule has 0 aromatic carbocycles. The van der Waals surface area contributed by atoms with Crippen LogP contribution in [0.25, 0.3) is 0 Å². The summed E-state index contributed by atoms with van der Waals surface area (Å²) in [7, 11) is 0. The number of carbonyl (C=O) groups excluding carboxylic acids is 1. The van der Waals surface area contributed by atoms with Crippen molar-refractivity contribution in [3.05, 3.63) is 0 Å². The molecule has 1 fully saturated rings. The molecule has 0 bridgehead atoms. The smallest absolute Gasteiger partial charge is 0.347 e. The van der Waals surface area contributed by atoms with Crippen molar-refractivity contribution >= 4 is 11.9 Å². The number of hydrogen-bond donors (Lipinski definition) is 2. The molecule has 0 aliphatic carbocycles. The standard InChI is InChI=1S/C5H6O5/c6-2-1-3(7)10-4(2)5(8)9/h2,4,6H,1H2,(H,8,9). The van der Waals surface area contributed by atoms with Gasteiger partial charge in [0.2, 0.25) is 6.10 Å². The molecule has 5 nitrogen and oxygen atoms in total. The van der Waals surface area contributed by atoms with Crippen molar-refractivity contribution in [3.63, 3.8) is 0 Å². The minimum Gasteiger partial charge on any atom is -0.478 e. The third-order valence-corrected chi connectivity index (χ3v) is 1.23. The summed E-state index contributed by atoms with van der Waals surface area (Å²) in [5.74, 6) is -1.97. The van der Waals surface area contributed by atoms with E-state index in [9.17, 15) is 9.59 Å². The van der Waals surface area contributed by atoms with E-state index >= 15 is 0 Å². The Bertz CT molecular complexity index is 175. The van der Waals surface area contributed by atoms with Crippen LogP contribution in [-0.4, -0.2) is 34.4 Å². The lowest BCUT2D eigenvalue weighted by Gasteiger charge is -2.05. The quantitative estimate of drug-likeness (QED) is 0.451. The van der Waals surface area contributed by atoms with Crippen molar-refractivity contribution in [2.45, 2.75) is 18.6 Å². The molecule has 0 spiro atoms. The number of hydrogen-bond acceptors (Lipinski definition) is 4. The van der Waals surface area contributed by atoms with Crippen LogP contribution in [0.3, 0.4) is 0 Å². The summed E-state index contributed by atoms with van der Waals surface area (Å²) in [5, 5.41) is 17.1. The maximum absolute atomic E-state index is 10.3. The summed E-state index contributed by atoms with van der Waals surface area (Å²) in [5.41, 5.74) is 0. The minimum absolute atomic E-state index is 0.225. The summed E-state index contributed by atoms with van der Waals surface area (Å²) in [6.45, 7) is 0. The first-order valence-corrected chi connectivity index (χ1v) is 2.71. The number of cyclic esters (lactones) is 1. The Morgan fingerprint density at radius 1 is 1.70 bits per heavy atom. The largest absolute Gasteiger partial charge is 0.478 e. The van der Waals surface area contributed by atoms with Gasteiger partial charge in [0.1, 0.15) is 6.10 Å². The highest BCUT2D eigenvalue weighted by atomic mass is 16.6. The summed E-state index contributed by atoms with van der Waals surface area (Å²) >= 11 is 0.